The van der Waals surface area contributed by atoms with Crippen LogP contribution in [0.5, 0.6) is 0 Å². The molecule has 0 bridgehead atoms. The normalized spacial score (nSPS) is 9.73. The Morgan fingerprint density at radius 2 is 2.36 bits per heavy atom. The van der Waals surface area contributed by atoms with Crippen molar-refractivity contribution in [3.8, 4) is 0 Å². The molecule has 52 valence electrons. The molecule has 0 aliphatic carbocycles. The second-order valence-corrected chi connectivity index (χ2v) is 2.15. The molecule has 2 heterocycles. The number of hydrogen-bond acceptors (Lipinski definition) is 2. The third-order valence-electron chi connectivity index (χ3n) is 1.50. The number of hydrogen-bond donors (Lipinski definition) is 0. The Balaban J connectivity index is 2.89. The maximum atomic E-state index is 8.49. The summed E-state index contributed by atoms with van der Waals surface area (Å²) in [5, 5.41) is 8.49. The van der Waals surface area contributed by atoms with Crippen LogP contribution in [0.25, 0.3) is 10.6 Å². The van der Waals surface area contributed by atoms with Crippen LogP contribution in [0.3, 0.4) is 0 Å². The minimum Gasteiger partial charge on any atom is -0.207 e. The van der Waals surface area contributed by atoms with E-state index in [0.29, 0.717) is 5.82 Å². The first-order valence-electron chi connectivity index (χ1n) is 3.19. The fourth-order valence-electron chi connectivity index (χ4n) is 0.993. The summed E-state index contributed by atoms with van der Waals surface area (Å²) < 4.78 is 1.69. The van der Waals surface area contributed by atoms with Crippen LogP contribution in [-0.2, 0) is 0 Å². The molecule has 0 aliphatic rings. The lowest BCUT2D eigenvalue weighted by Crippen LogP contribution is -1.79. The summed E-state index contributed by atoms with van der Waals surface area (Å²) in [5.41, 5.74) is 0.778. The van der Waals surface area contributed by atoms with Crippen LogP contribution in [0.2, 0.25) is 0 Å². The van der Waals surface area contributed by atoms with Gasteiger partial charge in [-0.15, -0.1) is 0 Å². The zero-order valence-electron chi connectivity index (χ0n) is 5.68. The highest BCUT2D eigenvalue weighted by molar-refractivity contribution is 5.49. The second kappa shape index (κ2) is 2.06. The zero-order valence-corrected chi connectivity index (χ0v) is 5.68. The van der Waals surface area contributed by atoms with E-state index >= 15 is 0 Å². The highest BCUT2D eigenvalue weighted by Gasteiger charge is 2.10. The van der Waals surface area contributed by atoms with Gasteiger partial charge in [0.05, 0.1) is 11.6 Å². The minimum atomic E-state index is 0.445. The molecule has 4 nitrogen and oxygen atoms in total. The van der Waals surface area contributed by atoms with Crippen molar-refractivity contribution in [2.24, 2.45) is 0 Å². The van der Waals surface area contributed by atoms with Gasteiger partial charge in [-0.05, 0) is 6.07 Å². The van der Waals surface area contributed by atoms with Crippen molar-refractivity contribution < 1.29 is 0 Å². The van der Waals surface area contributed by atoms with Gasteiger partial charge in [0.2, 0.25) is 5.65 Å². The molecule has 0 unspecified atom stereocenters. The molecule has 0 fully saturated rings. The standard InChI is InChI=1S/C7H5N4/c8-10-7-5-9-6-3-1-2-4-11(6)7/h1-5H/q+1. The molecule has 0 N–H and O–H groups in total. The number of diazo groups is 1. The number of rotatable bonds is 0. The molecule has 0 amide bonds. The van der Waals surface area contributed by atoms with E-state index < -0.39 is 0 Å². The Bertz CT molecular complexity index is 423. The Morgan fingerprint density at radius 3 is 3.18 bits per heavy atom. The monoisotopic (exact) mass is 145 g/mol. The largest absolute Gasteiger partial charge is 0.449 e. The maximum Gasteiger partial charge on any atom is 0.449 e. The molecular weight excluding hydrogens is 140 g/mol. The van der Waals surface area contributed by atoms with E-state index in [1.54, 1.807) is 10.6 Å². The zero-order chi connectivity index (χ0) is 7.68. The fraction of sp³-hybridized carbons (Fsp3) is 0. The van der Waals surface area contributed by atoms with Crippen molar-refractivity contribution >= 4 is 11.5 Å². The number of imidazole rings is 1. The first-order valence-corrected chi connectivity index (χ1v) is 3.19. The van der Waals surface area contributed by atoms with Gasteiger partial charge in [0.25, 0.3) is 0 Å². The van der Waals surface area contributed by atoms with Gasteiger partial charge in [-0.1, -0.05) is 6.07 Å². The predicted molar refractivity (Wildman–Crippen MR) is 39.9 cm³/mol. The average Bonchev–Trinajstić information content (AvgIpc) is 2.47. The molecular formula is C7H5N4+. The van der Waals surface area contributed by atoms with Crippen LogP contribution in [0.1, 0.15) is 0 Å². The van der Waals surface area contributed by atoms with Crippen molar-refractivity contribution in [2.45, 2.75) is 0 Å². The summed E-state index contributed by atoms with van der Waals surface area (Å²) in [6.45, 7) is 0. The first-order chi connectivity index (χ1) is 5.42. The van der Waals surface area contributed by atoms with Gasteiger partial charge in [0.15, 0.2) is 0 Å². The molecule has 2 aromatic heterocycles. The Morgan fingerprint density at radius 1 is 1.45 bits per heavy atom. The number of nitrogens with zero attached hydrogens (tertiary/aromatic N) is 4. The van der Waals surface area contributed by atoms with Crippen LogP contribution >= 0.6 is 0 Å². The Labute approximate surface area is 62.7 Å². The van der Waals surface area contributed by atoms with Gasteiger partial charge < -0.3 is 0 Å². The number of fused-ring (bicyclic) bond motifs is 1. The van der Waals surface area contributed by atoms with Gasteiger partial charge in [-0.25, -0.2) is 4.98 Å². The summed E-state index contributed by atoms with van der Waals surface area (Å²) >= 11 is 0. The lowest BCUT2D eigenvalue weighted by atomic mass is 10.5. The maximum absolute atomic E-state index is 8.49. The molecule has 11 heavy (non-hydrogen) atoms. The predicted octanol–water partition coefficient (Wildman–Crippen LogP) is 1.82. The summed E-state index contributed by atoms with van der Waals surface area (Å²) in [6.07, 6.45) is 3.30. The quantitative estimate of drug-likeness (QED) is 0.531. The molecule has 0 radical (unpaired) electrons. The highest BCUT2D eigenvalue weighted by atomic mass is 15.1. The topological polar surface area (TPSA) is 45.5 Å². The van der Waals surface area contributed by atoms with E-state index in [1.165, 1.54) is 6.20 Å². The van der Waals surface area contributed by atoms with Gasteiger partial charge in [0.1, 0.15) is 6.20 Å². The van der Waals surface area contributed by atoms with Crippen molar-refractivity contribution in [3.63, 3.8) is 0 Å². The molecule has 0 atom stereocenters. The van der Waals surface area contributed by atoms with E-state index in [2.05, 4.69) is 9.96 Å². The SMILES string of the molecule is N#[N+]c1cnc2ccccn12. The van der Waals surface area contributed by atoms with Crippen LogP contribution in [0.4, 0.5) is 5.82 Å². The first kappa shape index (κ1) is 5.86. The van der Waals surface area contributed by atoms with Gasteiger partial charge >= 0.3 is 5.82 Å². The van der Waals surface area contributed by atoms with Crippen molar-refractivity contribution in [1.29, 1.82) is 5.39 Å². The minimum absolute atomic E-state index is 0.445. The fourth-order valence-corrected chi connectivity index (χ4v) is 0.993. The van der Waals surface area contributed by atoms with Crippen LogP contribution in [-0.4, -0.2) is 9.38 Å². The van der Waals surface area contributed by atoms with E-state index in [9.17, 15) is 0 Å². The molecule has 0 spiro atoms. The summed E-state index contributed by atoms with van der Waals surface area (Å²) in [4.78, 5) is 7.06. The summed E-state index contributed by atoms with van der Waals surface area (Å²) in [6, 6.07) is 5.57. The number of aromatic nitrogens is 2. The van der Waals surface area contributed by atoms with Crippen molar-refractivity contribution in [1.82, 2.24) is 9.38 Å². The third kappa shape index (κ3) is 0.749. The Hall–Kier alpha value is -1.89. The van der Waals surface area contributed by atoms with E-state index in [0.717, 1.165) is 5.65 Å². The molecule has 0 aliphatic heterocycles. The summed E-state index contributed by atoms with van der Waals surface area (Å²) in [7, 11) is 0. The second-order valence-electron chi connectivity index (χ2n) is 2.15. The average molecular weight is 145 g/mol. The molecule has 0 aromatic carbocycles. The molecule has 0 saturated heterocycles. The molecule has 0 saturated carbocycles. The highest BCUT2D eigenvalue weighted by Crippen LogP contribution is 2.13. The van der Waals surface area contributed by atoms with E-state index in [1.807, 2.05) is 18.2 Å². The van der Waals surface area contributed by atoms with Crippen molar-refractivity contribution in [2.75, 3.05) is 0 Å². The van der Waals surface area contributed by atoms with Gasteiger partial charge in [-0.3, -0.25) is 0 Å². The molecule has 4 heteroatoms. The van der Waals surface area contributed by atoms with Crippen molar-refractivity contribution in [3.05, 3.63) is 35.6 Å². The van der Waals surface area contributed by atoms with Gasteiger partial charge in [0, 0.05) is 11.0 Å². The van der Waals surface area contributed by atoms with Crippen LogP contribution < -0.4 is 0 Å². The molecule has 2 aromatic rings. The Kier molecular flexibility index (Phi) is 1.10. The van der Waals surface area contributed by atoms with E-state index in [4.69, 9.17) is 5.39 Å². The third-order valence-corrected chi connectivity index (χ3v) is 1.50. The lowest BCUT2D eigenvalue weighted by Gasteiger charge is -1.80. The van der Waals surface area contributed by atoms with Crippen LogP contribution in [0.15, 0.2) is 30.6 Å². The van der Waals surface area contributed by atoms with Crippen LogP contribution in [0, 0.1) is 5.39 Å². The smallest absolute Gasteiger partial charge is 0.207 e. The van der Waals surface area contributed by atoms with E-state index in [-0.39, 0.29) is 0 Å². The summed E-state index contributed by atoms with van der Waals surface area (Å²) in [5.74, 6) is 0.445. The lowest BCUT2D eigenvalue weighted by molar-refractivity contribution is 1.19. The molecule has 2 rings (SSSR count). The van der Waals surface area contributed by atoms with Gasteiger partial charge in [-0.2, -0.15) is 4.40 Å². The number of pyridine rings is 1.